The molecule has 0 aliphatic heterocycles. The lowest BCUT2D eigenvalue weighted by Gasteiger charge is -2.10. The highest BCUT2D eigenvalue weighted by Crippen LogP contribution is 2.41. The molecule has 256 valence electrons. The van der Waals surface area contributed by atoms with Crippen LogP contribution in [0.2, 0.25) is 0 Å². The summed E-state index contributed by atoms with van der Waals surface area (Å²) < 4.78 is 11.5. The summed E-state index contributed by atoms with van der Waals surface area (Å²) in [5, 5.41) is 9.33. The third-order valence-electron chi connectivity index (χ3n) is 10.8. The van der Waals surface area contributed by atoms with Crippen LogP contribution in [0.3, 0.4) is 0 Å². The Balaban J connectivity index is 1.06. The quantitative estimate of drug-likeness (QED) is 0.182. The maximum absolute atomic E-state index is 6.67. The largest absolute Gasteiger partial charge is 0.456 e. The molecular formula is C49H28N4OS. The van der Waals surface area contributed by atoms with E-state index >= 15 is 0 Å². The lowest BCUT2D eigenvalue weighted by Crippen LogP contribution is -2.00. The number of furan rings is 1. The van der Waals surface area contributed by atoms with E-state index in [0.29, 0.717) is 17.5 Å². The molecule has 8 aromatic carbocycles. The molecule has 0 aliphatic rings. The highest BCUT2D eigenvalue weighted by atomic mass is 32.1. The molecule has 6 heteroatoms. The highest BCUT2D eigenvalue weighted by Gasteiger charge is 2.20. The lowest BCUT2D eigenvalue weighted by atomic mass is 10.0. The summed E-state index contributed by atoms with van der Waals surface area (Å²) in [4.78, 5) is 15.4. The van der Waals surface area contributed by atoms with Crippen molar-refractivity contribution in [1.29, 1.82) is 0 Å². The SMILES string of the molecule is c1ccc(-c2nc(-c3ccc4sc5ccccc5c4c3)nc(-c3cccc4oc5cc(-n6c7ccccc7c7cc8ccccc8cc76)ccc5c34)n2)cc1. The molecule has 4 heterocycles. The van der Waals surface area contributed by atoms with E-state index in [-0.39, 0.29) is 0 Å². The Morgan fingerprint density at radius 3 is 2.04 bits per heavy atom. The van der Waals surface area contributed by atoms with Crippen molar-refractivity contribution in [1.82, 2.24) is 19.5 Å². The number of hydrogen-bond acceptors (Lipinski definition) is 5. The first-order valence-corrected chi connectivity index (χ1v) is 19.2. The van der Waals surface area contributed by atoms with E-state index < -0.39 is 0 Å². The van der Waals surface area contributed by atoms with E-state index in [0.717, 1.165) is 55.3 Å². The number of thiophene rings is 1. The molecule has 0 saturated carbocycles. The van der Waals surface area contributed by atoms with Gasteiger partial charge >= 0.3 is 0 Å². The Morgan fingerprint density at radius 2 is 1.15 bits per heavy atom. The van der Waals surface area contributed by atoms with Gasteiger partial charge < -0.3 is 8.98 Å². The van der Waals surface area contributed by atoms with Crippen LogP contribution in [-0.2, 0) is 0 Å². The fourth-order valence-corrected chi connectivity index (χ4v) is 9.37. The molecule has 0 atom stereocenters. The number of benzene rings is 8. The van der Waals surface area contributed by atoms with Gasteiger partial charge in [0.1, 0.15) is 11.2 Å². The van der Waals surface area contributed by atoms with Crippen LogP contribution in [-0.4, -0.2) is 19.5 Å². The van der Waals surface area contributed by atoms with E-state index in [4.69, 9.17) is 19.4 Å². The van der Waals surface area contributed by atoms with Gasteiger partial charge in [-0.3, -0.25) is 0 Å². The Morgan fingerprint density at radius 1 is 0.418 bits per heavy atom. The van der Waals surface area contributed by atoms with E-state index in [1.54, 1.807) is 11.3 Å². The first-order chi connectivity index (χ1) is 27.2. The van der Waals surface area contributed by atoms with Gasteiger partial charge in [-0.25, -0.2) is 15.0 Å². The van der Waals surface area contributed by atoms with E-state index in [1.165, 1.54) is 41.7 Å². The van der Waals surface area contributed by atoms with Gasteiger partial charge in [-0.15, -0.1) is 11.3 Å². The third kappa shape index (κ3) is 4.68. The van der Waals surface area contributed by atoms with E-state index in [1.807, 2.05) is 42.5 Å². The van der Waals surface area contributed by atoms with E-state index in [9.17, 15) is 0 Å². The van der Waals surface area contributed by atoms with Crippen molar-refractivity contribution in [2.45, 2.75) is 0 Å². The summed E-state index contributed by atoms with van der Waals surface area (Å²) >= 11 is 1.81. The number of aromatic nitrogens is 4. The second-order valence-corrected chi connectivity index (χ2v) is 15.1. The lowest BCUT2D eigenvalue weighted by molar-refractivity contribution is 0.668. The molecule has 0 saturated heterocycles. The number of nitrogens with zero attached hydrogens (tertiary/aromatic N) is 4. The van der Waals surface area contributed by atoms with Crippen LogP contribution in [0.1, 0.15) is 0 Å². The first kappa shape index (κ1) is 30.3. The predicted octanol–water partition coefficient (Wildman–Crippen LogP) is 13.4. The van der Waals surface area contributed by atoms with Gasteiger partial charge in [-0.2, -0.15) is 0 Å². The van der Waals surface area contributed by atoms with Gasteiger partial charge in [-0.1, -0.05) is 103 Å². The van der Waals surface area contributed by atoms with Crippen LogP contribution in [0.4, 0.5) is 0 Å². The smallest absolute Gasteiger partial charge is 0.164 e. The summed E-state index contributed by atoms with van der Waals surface area (Å²) in [6.45, 7) is 0. The normalized spacial score (nSPS) is 12.0. The van der Waals surface area contributed by atoms with Gasteiger partial charge in [0.15, 0.2) is 17.5 Å². The minimum Gasteiger partial charge on any atom is -0.456 e. The summed E-state index contributed by atoms with van der Waals surface area (Å²) in [7, 11) is 0. The topological polar surface area (TPSA) is 56.7 Å². The zero-order chi connectivity index (χ0) is 36.0. The minimum atomic E-state index is 0.603. The molecule has 12 rings (SSSR count). The monoisotopic (exact) mass is 720 g/mol. The Hall–Kier alpha value is -7.15. The van der Waals surface area contributed by atoms with Crippen LogP contribution < -0.4 is 0 Å². The fourth-order valence-electron chi connectivity index (χ4n) is 8.28. The van der Waals surface area contributed by atoms with E-state index in [2.05, 4.69) is 132 Å². The molecule has 55 heavy (non-hydrogen) atoms. The molecule has 0 N–H and O–H groups in total. The molecular weight excluding hydrogens is 693 g/mol. The first-order valence-electron chi connectivity index (χ1n) is 18.3. The second-order valence-electron chi connectivity index (χ2n) is 14.0. The maximum atomic E-state index is 6.67. The molecule has 4 aromatic heterocycles. The molecule has 0 amide bonds. The third-order valence-corrected chi connectivity index (χ3v) is 12.0. The Kier molecular flexibility index (Phi) is 6.44. The van der Waals surface area contributed by atoms with Crippen LogP contribution in [0.15, 0.2) is 174 Å². The fraction of sp³-hybridized carbons (Fsp3) is 0. The molecule has 0 unspecified atom stereocenters. The summed E-state index contributed by atoms with van der Waals surface area (Å²) in [5.41, 5.74) is 7.73. The van der Waals surface area contributed by atoms with Gasteiger partial charge in [0.2, 0.25) is 0 Å². The van der Waals surface area contributed by atoms with Gasteiger partial charge in [0.25, 0.3) is 0 Å². The predicted molar refractivity (Wildman–Crippen MR) is 228 cm³/mol. The summed E-state index contributed by atoms with van der Waals surface area (Å²) in [5.74, 6) is 1.86. The van der Waals surface area contributed by atoms with Crippen LogP contribution in [0, 0.1) is 0 Å². The standard InChI is InChI=1S/C49H28N4OS/c1-2-11-29(12-3-1)47-50-48(32-21-24-45-39(26-32)35-16-7-9-20-44(35)55-45)52-49(51-47)37-17-10-19-42-46(37)36-23-22-33(28-43(36)54-42)53-40-18-8-6-15-34(40)38-25-30-13-4-5-14-31(30)27-41(38)53/h1-28H. The molecule has 0 bridgehead atoms. The Labute approximate surface area is 318 Å². The minimum absolute atomic E-state index is 0.603. The van der Waals surface area contributed by atoms with Crippen LogP contribution in [0.25, 0.3) is 115 Å². The van der Waals surface area contributed by atoms with Crippen molar-refractivity contribution in [2.75, 3.05) is 0 Å². The highest BCUT2D eigenvalue weighted by molar-refractivity contribution is 7.25. The number of rotatable bonds is 4. The van der Waals surface area contributed by atoms with Gasteiger partial charge in [0, 0.05) is 70.2 Å². The zero-order valence-corrected chi connectivity index (χ0v) is 30.1. The molecule has 0 radical (unpaired) electrons. The molecule has 12 aromatic rings. The van der Waals surface area contributed by atoms with Crippen molar-refractivity contribution >= 4 is 86.0 Å². The Bertz CT molecular complexity index is 3500. The van der Waals surface area contributed by atoms with Crippen molar-refractivity contribution in [3.8, 4) is 39.9 Å². The summed E-state index contributed by atoms with van der Waals surface area (Å²) in [6, 6.07) is 59.7. The van der Waals surface area contributed by atoms with Crippen molar-refractivity contribution in [3.63, 3.8) is 0 Å². The summed E-state index contributed by atoms with van der Waals surface area (Å²) in [6.07, 6.45) is 0. The second kappa shape index (κ2) is 11.7. The number of para-hydroxylation sites is 1. The molecule has 0 aliphatic carbocycles. The van der Waals surface area contributed by atoms with Crippen molar-refractivity contribution in [2.24, 2.45) is 0 Å². The van der Waals surface area contributed by atoms with Crippen LogP contribution in [0.5, 0.6) is 0 Å². The average molecular weight is 721 g/mol. The van der Waals surface area contributed by atoms with Gasteiger partial charge in [-0.05, 0) is 71.4 Å². The van der Waals surface area contributed by atoms with Gasteiger partial charge in [0.05, 0.1) is 11.0 Å². The maximum Gasteiger partial charge on any atom is 0.164 e. The number of fused-ring (bicyclic) bond motifs is 10. The van der Waals surface area contributed by atoms with Crippen molar-refractivity contribution < 1.29 is 4.42 Å². The zero-order valence-electron chi connectivity index (χ0n) is 29.3. The van der Waals surface area contributed by atoms with Crippen LogP contribution >= 0.6 is 11.3 Å². The molecule has 0 spiro atoms. The average Bonchev–Trinajstić information content (AvgIpc) is 3.91. The van der Waals surface area contributed by atoms with Crippen molar-refractivity contribution in [3.05, 3.63) is 170 Å². The molecule has 5 nitrogen and oxygen atoms in total. The molecule has 0 fully saturated rings. The number of hydrogen-bond donors (Lipinski definition) is 0.